The summed E-state index contributed by atoms with van der Waals surface area (Å²) in [6.07, 6.45) is 2.62. The zero-order valence-corrected chi connectivity index (χ0v) is 11.0. The second-order valence-corrected chi connectivity index (χ2v) is 4.33. The number of hydrogen-bond donors (Lipinski definition) is 1. The SMILES string of the molecule is CCc1ccc(Nc2cc(N(C)C)ncn2)cc1. The van der Waals surface area contributed by atoms with Crippen LogP contribution in [0.3, 0.4) is 0 Å². The first-order chi connectivity index (χ1) is 8.69. The van der Waals surface area contributed by atoms with Gasteiger partial charge in [0.25, 0.3) is 0 Å². The van der Waals surface area contributed by atoms with Crippen molar-refractivity contribution in [1.82, 2.24) is 9.97 Å². The second-order valence-electron chi connectivity index (χ2n) is 4.33. The number of aromatic nitrogens is 2. The van der Waals surface area contributed by atoms with E-state index in [9.17, 15) is 0 Å². The summed E-state index contributed by atoms with van der Waals surface area (Å²) in [6, 6.07) is 10.3. The average Bonchev–Trinajstić information content (AvgIpc) is 2.40. The smallest absolute Gasteiger partial charge is 0.135 e. The van der Waals surface area contributed by atoms with E-state index in [0.29, 0.717) is 0 Å². The van der Waals surface area contributed by atoms with Gasteiger partial charge in [0.1, 0.15) is 18.0 Å². The summed E-state index contributed by atoms with van der Waals surface area (Å²) in [5, 5.41) is 3.27. The third kappa shape index (κ3) is 2.97. The van der Waals surface area contributed by atoms with Crippen LogP contribution >= 0.6 is 0 Å². The van der Waals surface area contributed by atoms with Crippen molar-refractivity contribution in [1.29, 1.82) is 0 Å². The molecule has 0 bridgehead atoms. The number of hydrogen-bond acceptors (Lipinski definition) is 4. The first-order valence-corrected chi connectivity index (χ1v) is 6.04. The summed E-state index contributed by atoms with van der Waals surface area (Å²) in [6.45, 7) is 2.15. The Bertz CT molecular complexity index is 505. The minimum Gasteiger partial charge on any atom is -0.363 e. The number of benzene rings is 1. The lowest BCUT2D eigenvalue weighted by atomic mass is 10.1. The molecule has 0 amide bonds. The predicted molar refractivity (Wildman–Crippen MR) is 75.5 cm³/mol. The molecule has 1 heterocycles. The Labute approximate surface area is 108 Å². The number of nitrogens with zero attached hydrogens (tertiary/aromatic N) is 3. The molecule has 0 radical (unpaired) electrons. The van der Waals surface area contributed by atoms with E-state index in [0.717, 1.165) is 23.7 Å². The van der Waals surface area contributed by atoms with Crippen molar-refractivity contribution < 1.29 is 0 Å². The fourth-order valence-corrected chi connectivity index (χ4v) is 1.63. The minimum absolute atomic E-state index is 0.804. The molecule has 1 N–H and O–H groups in total. The standard InChI is InChI=1S/C14H18N4/c1-4-11-5-7-12(8-6-11)17-13-9-14(18(2)3)16-10-15-13/h5-10H,4H2,1-3H3,(H,15,16,17). The van der Waals surface area contributed by atoms with Crippen molar-refractivity contribution in [3.63, 3.8) is 0 Å². The molecular weight excluding hydrogens is 224 g/mol. The van der Waals surface area contributed by atoms with Gasteiger partial charge in [0, 0.05) is 25.8 Å². The Morgan fingerprint density at radius 3 is 2.44 bits per heavy atom. The van der Waals surface area contributed by atoms with Gasteiger partial charge in [-0.2, -0.15) is 0 Å². The van der Waals surface area contributed by atoms with Gasteiger partial charge in [0.15, 0.2) is 0 Å². The third-order valence-electron chi connectivity index (χ3n) is 2.75. The molecule has 1 aromatic heterocycles. The van der Waals surface area contributed by atoms with E-state index in [1.807, 2.05) is 25.1 Å². The van der Waals surface area contributed by atoms with Crippen molar-refractivity contribution in [2.75, 3.05) is 24.3 Å². The fraction of sp³-hybridized carbons (Fsp3) is 0.286. The maximum Gasteiger partial charge on any atom is 0.135 e. The Hall–Kier alpha value is -2.10. The monoisotopic (exact) mass is 242 g/mol. The van der Waals surface area contributed by atoms with E-state index in [-0.39, 0.29) is 0 Å². The summed E-state index contributed by atoms with van der Waals surface area (Å²) < 4.78 is 0. The Morgan fingerprint density at radius 1 is 1.11 bits per heavy atom. The second kappa shape index (κ2) is 5.49. The molecule has 0 aliphatic heterocycles. The van der Waals surface area contributed by atoms with Crippen LogP contribution in [0.15, 0.2) is 36.7 Å². The molecule has 0 unspecified atom stereocenters. The lowest BCUT2D eigenvalue weighted by Crippen LogP contribution is -2.11. The highest BCUT2D eigenvalue weighted by molar-refractivity contribution is 5.59. The van der Waals surface area contributed by atoms with Gasteiger partial charge in [-0.15, -0.1) is 0 Å². The highest BCUT2D eigenvalue weighted by atomic mass is 15.2. The number of rotatable bonds is 4. The van der Waals surface area contributed by atoms with Gasteiger partial charge in [-0.05, 0) is 24.1 Å². The zero-order chi connectivity index (χ0) is 13.0. The maximum atomic E-state index is 4.21. The first kappa shape index (κ1) is 12.4. The van der Waals surface area contributed by atoms with Crippen molar-refractivity contribution >= 4 is 17.3 Å². The van der Waals surface area contributed by atoms with Crippen molar-refractivity contribution in [2.24, 2.45) is 0 Å². The summed E-state index contributed by atoms with van der Waals surface area (Å²) in [5.74, 6) is 1.69. The van der Waals surface area contributed by atoms with E-state index < -0.39 is 0 Å². The summed E-state index contributed by atoms with van der Waals surface area (Å²) in [5.41, 5.74) is 2.37. The third-order valence-corrected chi connectivity index (χ3v) is 2.75. The number of nitrogens with one attached hydrogen (secondary N) is 1. The van der Waals surface area contributed by atoms with Crippen LogP contribution in [0.25, 0.3) is 0 Å². The summed E-state index contributed by atoms with van der Waals surface area (Å²) in [4.78, 5) is 10.3. The van der Waals surface area contributed by atoms with Crippen LogP contribution in [-0.4, -0.2) is 24.1 Å². The number of anilines is 3. The van der Waals surface area contributed by atoms with Gasteiger partial charge in [-0.3, -0.25) is 0 Å². The normalized spacial score (nSPS) is 10.2. The van der Waals surface area contributed by atoms with E-state index in [1.165, 1.54) is 5.56 Å². The van der Waals surface area contributed by atoms with Crippen LogP contribution in [0, 0.1) is 0 Å². The molecule has 2 aromatic rings. The minimum atomic E-state index is 0.804. The fourth-order valence-electron chi connectivity index (χ4n) is 1.63. The molecule has 94 valence electrons. The van der Waals surface area contributed by atoms with E-state index >= 15 is 0 Å². The van der Waals surface area contributed by atoms with Crippen LogP contribution in [0.1, 0.15) is 12.5 Å². The Kier molecular flexibility index (Phi) is 3.77. The van der Waals surface area contributed by atoms with Gasteiger partial charge in [0.2, 0.25) is 0 Å². The highest BCUT2D eigenvalue weighted by Gasteiger charge is 2.01. The van der Waals surface area contributed by atoms with Gasteiger partial charge < -0.3 is 10.2 Å². The topological polar surface area (TPSA) is 41.0 Å². The van der Waals surface area contributed by atoms with Crippen LogP contribution in [0.2, 0.25) is 0 Å². The average molecular weight is 242 g/mol. The molecule has 0 fully saturated rings. The summed E-state index contributed by atoms with van der Waals surface area (Å²) in [7, 11) is 3.92. The van der Waals surface area contributed by atoms with Crippen LogP contribution in [0.4, 0.5) is 17.3 Å². The highest BCUT2D eigenvalue weighted by Crippen LogP contribution is 2.17. The lowest BCUT2D eigenvalue weighted by molar-refractivity contribution is 1.04. The van der Waals surface area contributed by atoms with Crippen LogP contribution < -0.4 is 10.2 Å². The molecule has 2 rings (SSSR count). The van der Waals surface area contributed by atoms with E-state index in [1.54, 1.807) is 6.33 Å². The lowest BCUT2D eigenvalue weighted by Gasteiger charge is -2.12. The molecule has 4 heteroatoms. The van der Waals surface area contributed by atoms with E-state index in [2.05, 4.69) is 46.5 Å². The van der Waals surface area contributed by atoms with Crippen LogP contribution in [0.5, 0.6) is 0 Å². The van der Waals surface area contributed by atoms with Crippen molar-refractivity contribution in [3.05, 3.63) is 42.2 Å². The molecule has 0 aliphatic carbocycles. The molecule has 0 saturated carbocycles. The molecule has 0 aliphatic rings. The van der Waals surface area contributed by atoms with Crippen LogP contribution in [-0.2, 0) is 6.42 Å². The van der Waals surface area contributed by atoms with Crippen molar-refractivity contribution in [3.8, 4) is 0 Å². The Balaban J connectivity index is 2.15. The quantitative estimate of drug-likeness (QED) is 0.895. The largest absolute Gasteiger partial charge is 0.363 e. The van der Waals surface area contributed by atoms with E-state index in [4.69, 9.17) is 0 Å². The first-order valence-electron chi connectivity index (χ1n) is 6.04. The molecule has 4 nitrogen and oxygen atoms in total. The number of aryl methyl sites for hydroxylation is 1. The molecule has 0 spiro atoms. The van der Waals surface area contributed by atoms with Gasteiger partial charge in [-0.25, -0.2) is 9.97 Å². The van der Waals surface area contributed by atoms with Gasteiger partial charge in [-0.1, -0.05) is 19.1 Å². The molecule has 1 aromatic carbocycles. The van der Waals surface area contributed by atoms with Crippen molar-refractivity contribution in [2.45, 2.75) is 13.3 Å². The Morgan fingerprint density at radius 2 is 1.83 bits per heavy atom. The summed E-state index contributed by atoms with van der Waals surface area (Å²) >= 11 is 0. The molecule has 0 saturated heterocycles. The van der Waals surface area contributed by atoms with Gasteiger partial charge >= 0.3 is 0 Å². The zero-order valence-electron chi connectivity index (χ0n) is 11.0. The maximum absolute atomic E-state index is 4.21. The predicted octanol–water partition coefficient (Wildman–Crippen LogP) is 2.85. The van der Waals surface area contributed by atoms with Gasteiger partial charge in [0.05, 0.1) is 0 Å². The molecule has 0 atom stereocenters. The molecule has 18 heavy (non-hydrogen) atoms. The molecular formula is C14H18N4.